The van der Waals surface area contributed by atoms with Crippen LogP contribution in [0.2, 0.25) is 0 Å². The zero-order chi connectivity index (χ0) is 15.8. The highest BCUT2D eigenvalue weighted by molar-refractivity contribution is 5.96. The number of carbonyl (C=O) groups excluding carboxylic acids is 3. The Labute approximate surface area is 122 Å². The van der Waals surface area contributed by atoms with Gasteiger partial charge >= 0.3 is 0 Å². The SMILES string of the molecule is COc1ccc(C(=O)CC[NH2+]C(CC(N)=O)C(=O)[O-])cc1. The van der Waals surface area contributed by atoms with Gasteiger partial charge in [0.05, 0.1) is 32.5 Å². The number of ketones is 1. The number of aliphatic carboxylic acids is 1. The van der Waals surface area contributed by atoms with Crippen molar-refractivity contribution in [2.45, 2.75) is 18.9 Å². The van der Waals surface area contributed by atoms with E-state index in [1.165, 1.54) is 12.4 Å². The van der Waals surface area contributed by atoms with E-state index < -0.39 is 17.9 Å². The van der Waals surface area contributed by atoms with Gasteiger partial charge in [-0.15, -0.1) is 0 Å². The van der Waals surface area contributed by atoms with Crippen LogP contribution in [-0.4, -0.2) is 37.4 Å². The van der Waals surface area contributed by atoms with Crippen LogP contribution in [0.15, 0.2) is 24.3 Å². The molecule has 4 N–H and O–H groups in total. The lowest BCUT2D eigenvalue weighted by atomic mass is 10.1. The average Bonchev–Trinajstić information content (AvgIpc) is 2.45. The summed E-state index contributed by atoms with van der Waals surface area (Å²) in [6.07, 6.45) is -0.173. The van der Waals surface area contributed by atoms with E-state index in [4.69, 9.17) is 10.5 Å². The van der Waals surface area contributed by atoms with Crippen molar-refractivity contribution in [3.63, 3.8) is 0 Å². The largest absolute Gasteiger partial charge is 0.544 e. The third kappa shape index (κ3) is 5.62. The number of carbonyl (C=O) groups is 3. The van der Waals surface area contributed by atoms with E-state index in [1.807, 2.05) is 0 Å². The molecule has 1 aromatic rings. The number of benzene rings is 1. The monoisotopic (exact) mass is 294 g/mol. The Bertz CT molecular complexity index is 513. The maximum atomic E-state index is 11.9. The van der Waals surface area contributed by atoms with Gasteiger partial charge in [0, 0.05) is 5.56 Å². The van der Waals surface area contributed by atoms with Crippen molar-refractivity contribution < 1.29 is 29.5 Å². The van der Waals surface area contributed by atoms with Crippen LogP contribution < -0.4 is 20.9 Å². The molecule has 0 aliphatic rings. The number of hydrogen-bond acceptors (Lipinski definition) is 5. The summed E-state index contributed by atoms with van der Waals surface area (Å²) in [5, 5.41) is 12.2. The maximum Gasteiger partial charge on any atom is 0.223 e. The lowest BCUT2D eigenvalue weighted by molar-refractivity contribution is -0.681. The number of quaternary nitrogens is 1. The Morgan fingerprint density at radius 1 is 1.29 bits per heavy atom. The van der Waals surface area contributed by atoms with E-state index in [-0.39, 0.29) is 25.2 Å². The Morgan fingerprint density at radius 3 is 2.38 bits per heavy atom. The van der Waals surface area contributed by atoms with Crippen molar-refractivity contribution in [3.05, 3.63) is 29.8 Å². The Balaban J connectivity index is 2.47. The molecule has 0 spiro atoms. The highest BCUT2D eigenvalue weighted by Gasteiger charge is 2.17. The summed E-state index contributed by atoms with van der Waals surface area (Å²) in [5.74, 6) is -1.56. The number of ether oxygens (including phenoxy) is 1. The summed E-state index contributed by atoms with van der Waals surface area (Å²) >= 11 is 0. The van der Waals surface area contributed by atoms with Crippen LogP contribution in [0.5, 0.6) is 5.75 Å². The molecule has 0 heterocycles. The molecule has 0 fully saturated rings. The van der Waals surface area contributed by atoms with Crippen molar-refractivity contribution in [2.24, 2.45) is 5.73 Å². The van der Waals surface area contributed by atoms with E-state index in [0.717, 1.165) is 0 Å². The van der Waals surface area contributed by atoms with Crippen LogP contribution in [0, 0.1) is 0 Å². The minimum Gasteiger partial charge on any atom is -0.544 e. The van der Waals surface area contributed by atoms with E-state index in [0.29, 0.717) is 11.3 Å². The second kappa shape index (κ2) is 8.01. The number of amides is 1. The maximum absolute atomic E-state index is 11.9. The molecule has 7 nitrogen and oxygen atoms in total. The van der Waals surface area contributed by atoms with Gasteiger partial charge in [-0.05, 0) is 24.3 Å². The Kier molecular flexibility index (Phi) is 6.35. The first kappa shape index (κ1) is 16.6. The van der Waals surface area contributed by atoms with E-state index in [2.05, 4.69) is 0 Å². The van der Waals surface area contributed by atoms with E-state index in [9.17, 15) is 19.5 Å². The standard InChI is InChI=1S/C14H18N2O5/c1-21-10-4-2-9(3-5-10)12(17)6-7-16-11(14(19)20)8-13(15)18/h2-5,11,16H,6-8H2,1H3,(H2,15,18)(H,19,20). The summed E-state index contributed by atoms with van der Waals surface area (Å²) in [5.41, 5.74) is 5.47. The number of nitrogens with two attached hydrogens (primary N) is 2. The first-order valence-electron chi connectivity index (χ1n) is 6.43. The van der Waals surface area contributed by atoms with E-state index in [1.54, 1.807) is 24.3 Å². The molecule has 0 radical (unpaired) electrons. The highest BCUT2D eigenvalue weighted by Crippen LogP contribution is 2.12. The topological polar surface area (TPSA) is 126 Å². The molecule has 1 amide bonds. The summed E-state index contributed by atoms with van der Waals surface area (Å²) in [6, 6.07) is 5.56. The normalized spacial score (nSPS) is 11.7. The first-order valence-corrected chi connectivity index (χ1v) is 6.43. The fourth-order valence-corrected chi connectivity index (χ4v) is 1.82. The number of methoxy groups -OCH3 is 1. The predicted octanol–water partition coefficient (Wildman–Crippen LogP) is -2.17. The molecule has 0 saturated carbocycles. The first-order chi connectivity index (χ1) is 9.93. The van der Waals surface area contributed by atoms with Crippen molar-refractivity contribution in [1.82, 2.24) is 0 Å². The smallest absolute Gasteiger partial charge is 0.223 e. The molecular formula is C14H18N2O5. The quantitative estimate of drug-likeness (QED) is 0.501. The molecular weight excluding hydrogens is 276 g/mol. The second-order valence-corrected chi connectivity index (χ2v) is 4.52. The second-order valence-electron chi connectivity index (χ2n) is 4.52. The molecule has 0 aliphatic heterocycles. The van der Waals surface area contributed by atoms with Gasteiger partial charge in [0.25, 0.3) is 0 Å². The third-order valence-corrected chi connectivity index (χ3v) is 2.96. The fourth-order valence-electron chi connectivity index (χ4n) is 1.82. The summed E-state index contributed by atoms with van der Waals surface area (Å²) < 4.78 is 4.99. The molecule has 1 unspecified atom stereocenters. The van der Waals surface area contributed by atoms with Crippen molar-refractivity contribution >= 4 is 17.7 Å². The molecule has 0 aliphatic carbocycles. The zero-order valence-corrected chi connectivity index (χ0v) is 11.7. The van der Waals surface area contributed by atoms with Gasteiger partial charge in [-0.3, -0.25) is 9.59 Å². The van der Waals surface area contributed by atoms with E-state index >= 15 is 0 Å². The Morgan fingerprint density at radius 2 is 1.90 bits per heavy atom. The summed E-state index contributed by atoms with van der Waals surface area (Å²) in [6.45, 7) is 0.233. The van der Waals surface area contributed by atoms with Gasteiger partial charge in [-0.25, -0.2) is 0 Å². The van der Waals surface area contributed by atoms with Crippen LogP contribution in [0.25, 0.3) is 0 Å². The van der Waals surface area contributed by atoms with Gasteiger partial charge in [-0.2, -0.15) is 0 Å². The van der Waals surface area contributed by atoms with Gasteiger partial charge in [0.1, 0.15) is 11.8 Å². The number of carboxylic acids is 1. The minimum atomic E-state index is -1.37. The number of rotatable bonds is 9. The third-order valence-electron chi connectivity index (χ3n) is 2.96. The number of hydrogen-bond donors (Lipinski definition) is 2. The molecule has 21 heavy (non-hydrogen) atoms. The van der Waals surface area contributed by atoms with Gasteiger partial charge in [0.2, 0.25) is 5.91 Å². The average molecular weight is 294 g/mol. The van der Waals surface area contributed by atoms with Crippen molar-refractivity contribution in [3.8, 4) is 5.75 Å². The number of carboxylic acid groups (broad SMARTS) is 1. The minimum absolute atomic E-state index is 0.120. The Hall–Kier alpha value is -2.41. The highest BCUT2D eigenvalue weighted by atomic mass is 16.5. The van der Waals surface area contributed by atoms with Gasteiger partial charge in [-0.1, -0.05) is 0 Å². The van der Waals surface area contributed by atoms with Crippen LogP contribution in [0.1, 0.15) is 23.2 Å². The molecule has 7 heteroatoms. The molecule has 114 valence electrons. The van der Waals surface area contributed by atoms with Gasteiger partial charge < -0.3 is 25.7 Å². The molecule has 1 rings (SSSR count). The summed E-state index contributed by atoms with van der Waals surface area (Å²) in [7, 11) is 1.53. The number of Topliss-reactive ketones (excluding diaryl/α,β-unsaturated/α-hetero) is 1. The molecule has 0 bridgehead atoms. The van der Waals surface area contributed by atoms with Gasteiger partial charge in [0.15, 0.2) is 5.78 Å². The lowest BCUT2D eigenvalue weighted by Gasteiger charge is -2.14. The van der Waals surface area contributed by atoms with Crippen LogP contribution in [0.4, 0.5) is 0 Å². The molecule has 0 aromatic heterocycles. The number of primary amides is 1. The van der Waals surface area contributed by atoms with Crippen molar-refractivity contribution in [1.29, 1.82) is 0 Å². The fraction of sp³-hybridized carbons (Fsp3) is 0.357. The van der Waals surface area contributed by atoms with Crippen LogP contribution in [-0.2, 0) is 9.59 Å². The van der Waals surface area contributed by atoms with Crippen LogP contribution >= 0.6 is 0 Å². The summed E-state index contributed by atoms with van der Waals surface area (Å²) in [4.78, 5) is 33.4. The zero-order valence-electron chi connectivity index (χ0n) is 11.7. The van der Waals surface area contributed by atoms with Crippen LogP contribution in [0.3, 0.4) is 0 Å². The van der Waals surface area contributed by atoms with Crippen molar-refractivity contribution in [2.75, 3.05) is 13.7 Å². The molecule has 1 aromatic carbocycles. The predicted molar refractivity (Wildman–Crippen MR) is 71.3 cm³/mol. The molecule has 1 atom stereocenters. The molecule has 0 saturated heterocycles. The lowest BCUT2D eigenvalue weighted by Crippen LogP contribution is -2.93.